The van der Waals surface area contributed by atoms with Crippen LogP contribution < -0.4 is 0 Å². The maximum Gasteiger partial charge on any atom is 0.164 e. The molecule has 2 aliphatic carbocycles. The van der Waals surface area contributed by atoms with Gasteiger partial charge in [0.05, 0.1) is 0 Å². The quantitative estimate of drug-likeness (QED) is 0.179. The van der Waals surface area contributed by atoms with Gasteiger partial charge in [-0.1, -0.05) is 147 Å². The van der Waals surface area contributed by atoms with E-state index in [9.17, 15) is 0 Å². The summed E-state index contributed by atoms with van der Waals surface area (Å²) in [5.74, 6) is 1.90. The van der Waals surface area contributed by atoms with Gasteiger partial charge in [0.25, 0.3) is 0 Å². The Labute approximate surface area is 320 Å². The van der Waals surface area contributed by atoms with Crippen LogP contribution in [-0.4, -0.2) is 15.0 Å². The van der Waals surface area contributed by atoms with Crippen LogP contribution in [-0.2, 0) is 5.41 Å². The fraction of sp³-hybridized carbons (Fsp3) is 0.118. The molecule has 0 amide bonds. The predicted molar refractivity (Wildman–Crippen MR) is 224 cm³/mol. The fourth-order valence-electron chi connectivity index (χ4n) is 9.23. The number of hydrogen-bond acceptors (Lipinski definition) is 4. The zero-order valence-electron chi connectivity index (χ0n) is 30.4. The number of fused-ring (bicyclic) bond motifs is 8. The summed E-state index contributed by atoms with van der Waals surface area (Å²) in [6.07, 6.45) is 6.39. The Morgan fingerprint density at radius 2 is 0.927 bits per heavy atom. The number of furan rings is 1. The Kier molecular flexibility index (Phi) is 7.38. The molecule has 4 nitrogen and oxygen atoms in total. The Balaban J connectivity index is 0.948. The number of benzene rings is 7. The van der Waals surface area contributed by atoms with Gasteiger partial charge < -0.3 is 4.42 Å². The van der Waals surface area contributed by atoms with Crippen molar-refractivity contribution >= 4 is 21.9 Å². The second-order valence-electron chi connectivity index (χ2n) is 15.1. The zero-order chi connectivity index (χ0) is 36.3. The van der Waals surface area contributed by atoms with Crippen molar-refractivity contribution < 1.29 is 4.42 Å². The van der Waals surface area contributed by atoms with Crippen LogP contribution in [0.25, 0.3) is 89.5 Å². The van der Waals surface area contributed by atoms with Crippen LogP contribution in [0.4, 0.5) is 0 Å². The molecule has 0 saturated heterocycles. The molecule has 2 heterocycles. The third kappa shape index (κ3) is 5.32. The minimum absolute atomic E-state index is 0.142. The summed E-state index contributed by atoms with van der Waals surface area (Å²) in [4.78, 5) is 15.0. The summed E-state index contributed by atoms with van der Waals surface area (Å²) < 4.78 is 6.11. The van der Waals surface area contributed by atoms with E-state index in [2.05, 4.69) is 103 Å². The van der Waals surface area contributed by atoms with Crippen LogP contribution in [0.3, 0.4) is 0 Å². The van der Waals surface area contributed by atoms with Crippen molar-refractivity contribution in [3.63, 3.8) is 0 Å². The Bertz CT molecular complexity index is 2900. The summed E-state index contributed by atoms with van der Waals surface area (Å²) in [6.45, 7) is 0. The highest BCUT2D eigenvalue weighted by Crippen LogP contribution is 2.56. The van der Waals surface area contributed by atoms with Crippen molar-refractivity contribution in [2.24, 2.45) is 0 Å². The van der Waals surface area contributed by atoms with Crippen LogP contribution in [0.15, 0.2) is 168 Å². The van der Waals surface area contributed by atoms with E-state index < -0.39 is 0 Å². The fourth-order valence-corrected chi connectivity index (χ4v) is 9.23. The third-order valence-corrected chi connectivity index (χ3v) is 11.9. The monoisotopic (exact) mass is 707 g/mol. The molecule has 9 aromatic rings. The second kappa shape index (κ2) is 12.7. The predicted octanol–water partition coefficient (Wildman–Crippen LogP) is 13.3. The molecule has 262 valence electrons. The Hall–Kier alpha value is -6.65. The maximum atomic E-state index is 6.11. The lowest BCUT2D eigenvalue weighted by atomic mass is 9.67. The summed E-state index contributed by atoms with van der Waals surface area (Å²) in [5, 5.41) is 2.12. The molecule has 0 radical (unpaired) electrons. The first-order valence-electron chi connectivity index (χ1n) is 19.4. The molecule has 0 unspecified atom stereocenters. The lowest BCUT2D eigenvalue weighted by Crippen LogP contribution is -2.28. The molecule has 2 aromatic heterocycles. The lowest BCUT2D eigenvalue weighted by Gasteiger charge is -2.36. The number of nitrogens with zero attached hydrogens (tertiary/aromatic N) is 3. The molecule has 1 saturated carbocycles. The minimum Gasteiger partial charge on any atom is -0.456 e. The smallest absolute Gasteiger partial charge is 0.164 e. The summed E-state index contributed by atoms with van der Waals surface area (Å²) in [5.41, 5.74) is 15.4. The Morgan fingerprint density at radius 3 is 1.75 bits per heavy atom. The van der Waals surface area contributed by atoms with E-state index in [0.29, 0.717) is 17.5 Å². The van der Waals surface area contributed by atoms with Gasteiger partial charge in [0.1, 0.15) is 11.2 Å². The number of aromatic nitrogens is 3. The first-order valence-corrected chi connectivity index (χ1v) is 19.4. The third-order valence-electron chi connectivity index (χ3n) is 11.9. The summed E-state index contributed by atoms with van der Waals surface area (Å²) in [7, 11) is 0. The normalized spacial score (nSPS) is 14.3. The van der Waals surface area contributed by atoms with E-state index in [4.69, 9.17) is 19.4 Å². The standard InChI is InChI=1S/C51H37N3O/c1-3-12-34(13-4-1)48-52-49(54-50(53-48)39-25-27-47-43(31-39)42-17-6-8-19-46(42)55-47)35-22-20-33(21-23-35)36-14-11-15-37(30-36)38-24-26-41-40-16-5-7-18-44(40)51(45(41)32-38)28-9-2-10-29-51/h1,3-8,11-27,30-32H,2,9-10,28-29H2. The summed E-state index contributed by atoms with van der Waals surface area (Å²) in [6, 6.07) is 58.3. The topological polar surface area (TPSA) is 51.8 Å². The average Bonchev–Trinajstić information content (AvgIpc) is 3.76. The van der Waals surface area contributed by atoms with E-state index in [1.807, 2.05) is 60.7 Å². The first kappa shape index (κ1) is 31.8. The molecule has 11 rings (SSSR count). The van der Waals surface area contributed by atoms with Crippen molar-refractivity contribution in [1.29, 1.82) is 0 Å². The second-order valence-corrected chi connectivity index (χ2v) is 15.1. The van der Waals surface area contributed by atoms with Crippen molar-refractivity contribution in [3.8, 4) is 67.5 Å². The molecule has 1 fully saturated rings. The van der Waals surface area contributed by atoms with Gasteiger partial charge in [-0.3, -0.25) is 0 Å². The average molecular weight is 708 g/mol. The van der Waals surface area contributed by atoms with E-state index in [1.165, 1.54) is 71.0 Å². The van der Waals surface area contributed by atoms with Crippen LogP contribution in [0.1, 0.15) is 43.2 Å². The van der Waals surface area contributed by atoms with Crippen LogP contribution in [0.5, 0.6) is 0 Å². The Morgan fingerprint density at radius 1 is 0.364 bits per heavy atom. The molecule has 0 bridgehead atoms. The van der Waals surface area contributed by atoms with Gasteiger partial charge in [-0.05, 0) is 93.7 Å². The van der Waals surface area contributed by atoms with E-state index in [1.54, 1.807) is 0 Å². The van der Waals surface area contributed by atoms with Gasteiger partial charge in [-0.25, -0.2) is 15.0 Å². The van der Waals surface area contributed by atoms with Gasteiger partial charge in [0, 0.05) is 32.9 Å². The molecule has 0 N–H and O–H groups in total. The molecule has 2 aliphatic rings. The first-order chi connectivity index (χ1) is 27.2. The van der Waals surface area contributed by atoms with Gasteiger partial charge in [-0.2, -0.15) is 0 Å². The molecule has 4 heteroatoms. The van der Waals surface area contributed by atoms with Crippen molar-refractivity contribution in [2.45, 2.75) is 37.5 Å². The van der Waals surface area contributed by atoms with Crippen LogP contribution in [0, 0.1) is 0 Å². The molecule has 0 atom stereocenters. The van der Waals surface area contributed by atoms with E-state index in [-0.39, 0.29) is 5.41 Å². The van der Waals surface area contributed by atoms with E-state index in [0.717, 1.165) is 44.2 Å². The molecule has 55 heavy (non-hydrogen) atoms. The molecule has 7 aromatic carbocycles. The highest BCUT2D eigenvalue weighted by Gasteiger charge is 2.43. The van der Waals surface area contributed by atoms with Gasteiger partial charge in [0.15, 0.2) is 17.5 Å². The van der Waals surface area contributed by atoms with Crippen LogP contribution in [0.2, 0.25) is 0 Å². The van der Waals surface area contributed by atoms with Gasteiger partial charge in [0.2, 0.25) is 0 Å². The molecule has 1 spiro atoms. The van der Waals surface area contributed by atoms with Crippen molar-refractivity contribution in [1.82, 2.24) is 15.0 Å². The molecular weight excluding hydrogens is 671 g/mol. The highest BCUT2D eigenvalue weighted by molar-refractivity contribution is 6.06. The SMILES string of the molecule is c1ccc(-c2nc(-c3ccc(-c4cccc(-c5ccc6c(c5)C5(CCCCC5)c5ccccc5-6)c4)cc3)nc(-c3ccc4oc5ccccc5c4c3)n2)cc1. The number of hydrogen-bond donors (Lipinski definition) is 0. The minimum atomic E-state index is 0.142. The number of para-hydroxylation sites is 1. The van der Waals surface area contributed by atoms with Gasteiger partial charge >= 0.3 is 0 Å². The molecule has 0 aliphatic heterocycles. The van der Waals surface area contributed by atoms with Gasteiger partial charge in [-0.15, -0.1) is 0 Å². The van der Waals surface area contributed by atoms with Crippen LogP contribution >= 0.6 is 0 Å². The van der Waals surface area contributed by atoms with Crippen molar-refractivity contribution in [2.75, 3.05) is 0 Å². The lowest BCUT2D eigenvalue weighted by molar-refractivity contribution is 0.353. The zero-order valence-corrected chi connectivity index (χ0v) is 30.4. The van der Waals surface area contributed by atoms with Crippen molar-refractivity contribution in [3.05, 3.63) is 175 Å². The maximum absolute atomic E-state index is 6.11. The number of rotatable bonds is 5. The molecular formula is C51H37N3O. The van der Waals surface area contributed by atoms with E-state index >= 15 is 0 Å². The summed E-state index contributed by atoms with van der Waals surface area (Å²) >= 11 is 0. The largest absolute Gasteiger partial charge is 0.456 e. The highest BCUT2D eigenvalue weighted by atomic mass is 16.3.